The van der Waals surface area contributed by atoms with Gasteiger partial charge >= 0.3 is 5.97 Å². The monoisotopic (exact) mass is 531 g/mol. The number of nitrogens with one attached hydrogen (secondary N) is 3. The summed E-state index contributed by atoms with van der Waals surface area (Å²) < 4.78 is 33.2. The predicted molar refractivity (Wildman–Crippen MR) is 143 cm³/mol. The van der Waals surface area contributed by atoms with Gasteiger partial charge in [-0.2, -0.15) is 0 Å². The quantitative estimate of drug-likeness (QED) is 0.228. The molecule has 0 radical (unpaired) electrons. The van der Waals surface area contributed by atoms with Crippen LogP contribution in [0, 0.1) is 0 Å². The third kappa shape index (κ3) is 9.67. The van der Waals surface area contributed by atoms with Crippen LogP contribution < -0.4 is 15.4 Å². The highest BCUT2D eigenvalue weighted by Crippen LogP contribution is 2.21. The number of hydrogen-bond acceptors (Lipinski definition) is 6. The Kier molecular flexibility index (Phi) is 10.8. The van der Waals surface area contributed by atoms with E-state index in [0.29, 0.717) is 18.7 Å². The summed E-state index contributed by atoms with van der Waals surface area (Å²) in [5.74, 6) is -0.847. The van der Waals surface area contributed by atoms with Gasteiger partial charge in [0.05, 0.1) is 17.9 Å². The van der Waals surface area contributed by atoms with E-state index >= 15 is 0 Å². The number of aryl methyl sites for hydroxylation is 1. The predicted octanol–water partition coefficient (Wildman–Crippen LogP) is 4.07. The molecule has 1 aliphatic carbocycles. The van der Waals surface area contributed by atoms with Crippen molar-refractivity contribution in [1.82, 2.24) is 10.0 Å². The van der Waals surface area contributed by atoms with Gasteiger partial charge < -0.3 is 15.4 Å². The van der Waals surface area contributed by atoms with Gasteiger partial charge in [0.25, 0.3) is 0 Å². The first-order chi connectivity index (χ1) is 17.3. The molecular weight excluding hydrogens is 498 g/mol. The van der Waals surface area contributed by atoms with Crippen molar-refractivity contribution < 1.29 is 22.7 Å². The summed E-state index contributed by atoms with van der Waals surface area (Å²) in [5, 5.41) is 5.42. The van der Waals surface area contributed by atoms with E-state index in [1.807, 2.05) is 30.3 Å². The van der Waals surface area contributed by atoms with E-state index < -0.39 is 21.9 Å². The fourth-order valence-electron chi connectivity index (χ4n) is 3.97. The number of sulfonamides is 1. The highest BCUT2D eigenvalue weighted by Gasteiger charge is 2.21. The first kappa shape index (κ1) is 27.8. The number of carbonyl (C=O) groups is 2. The lowest BCUT2D eigenvalue weighted by molar-refractivity contribution is -0.145. The standard InChI is InChI=1S/C26H33N3O5S2/c30-24(17-18-25(31)34-19-7-10-20-8-3-1-4-9-20)28-26(35)27-21-13-15-23(16-14-21)36(32,33)29-22-11-5-2-6-12-22/h1,3-4,8-9,13-16,22,29H,2,5-7,10-12,17-19H2,(H2,27,28,30,35). The summed E-state index contributed by atoms with van der Waals surface area (Å²) in [6.45, 7) is 0.303. The van der Waals surface area contributed by atoms with Crippen molar-refractivity contribution in [3.63, 3.8) is 0 Å². The lowest BCUT2D eigenvalue weighted by atomic mass is 9.96. The number of ether oxygens (including phenoxy) is 1. The molecule has 0 heterocycles. The van der Waals surface area contributed by atoms with E-state index in [2.05, 4.69) is 15.4 Å². The number of amides is 1. The Hall–Kier alpha value is -2.82. The van der Waals surface area contributed by atoms with Crippen molar-refractivity contribution >= 4 is 44.9 Å². The Labute approximate surface area is 218 Å². The van der Waals surface area contributed by atoms with Crippen molar-refractivity contribution in [2.75, 3.05) is 11.9 Å². The van der Waals surface area contributed by atoms with Crippen LogP contribution in [0.1, 0.15) is 56.9 Å². The molecule has 0 aliphatic heterocycles. The van der Waals surface area contributed by atoms with Crippen molar-refractivity contribution in [3.05, 3.63) is 60.2 Å². The molecule has 8 nitrogen and oxygen atoms in total. The second-order valence-electron chi connectivity index (χ2n) is 8.79. The van der Waals surface area contributed by atoms with E-state index in [1.54, 1.807) is 12.1 Å². The molecule has 0 bridgehead atoms. The molecule has 2 aromatic carbocycles. The van der Waals surface area contributed by atoms with Gasteiger partial charge in [-0.3, -0.25) is 9.59 Å². The molecule has 0 atom stereocenters. The Morgan fingerprint density at radius 1 is 0.944 bits per heavy atom. The molecule has 1 saturated carbocycles. The van der Waals surface area contributed by atoms with Gasteiger partial charge in [0.2, 0.25) is 15.9 Å². The first-order valence-electron chi connectivity index (χ1n) is 12.2. The topological polar surface area (TPSA) is 114 Å². The maximum atomic E-state index is 12.6. The fraction of sp³-hybridized carbons (Fsp3) is 0.423. The molecule has 0 unspecified atom stereocenters. The van der Waals surface area contributed by atoms with E-state index in [0.717, 1.165) is 38.5 Å². The van der Waals surface area contributed by atoms with Crippen molar-refractivity contribution in [2.45, 2.75) is 68.7 Å². The van der Waals surface area contributed by atoms with Gasteiger partial charge in [-0.1, -0.05) is 49.6 Å². The number of rotatable bonds is 11. The minimum atomic E-state index is -3.59. The third-order valence-electron chi connectivity index (χ3n) is 5.87. The Balaban J connectivity index is 1.34. The average Bonchev–Trinajstić information content (AvgIpc) is 2.86. The van der Waals surface area contributed by atoms with Gasteiger partial charge in [0.1, 0.15) is 0 Å². The van der Waals surface area contributed by atoms with Crippen LogP contribution in [0.2, 0.25) is 0 Å². The zero-order chi connectivity index (χ0) is 25.8. The van der Waals surface area contributed by atoms with Crippen LogP contribution in [0.25, 0.3) is 0 Å². The van der Waals surface area contributed by atoms with E-state index in [1.165, 1.54) is 17.7 Å². The molecule has 0 saturated heterocycles. The zero-order valence-electron chi connectivity index (χ0n) is 20.2. The van der Waals surface area contributed by atoms with Crippen LogP contribution in [0.3, 0.4) is 0 Å². The summed E-state index contributed by atoms with van der Waals surface area (Å²) in [4.78, 5) is 24.1. The fourth-order valence-corrected chi connectivity index (χ4v) is 5.51. The summed E-state index contributed by atoms with van der Waals surface area (Å²) in [5.41, 5.74) is 1.72. The minimum Gasteiger partial charge on any atom is -0.466 e. The van der Waals surface area contributed by atoms with Gasteiger partial charge in [-0.25, -0.2) is 13.1 Å². The minimum absolute atomic E-state index is 0.0177. The zero-order valence-corrected chi connectivity index (χ0v) is 21.8. The van der Waals surface area contributed by atoms with Gasteiger partial charge in [-0.05, 0) is 67.7 Å². The van der Waals surface area contributed by atoms with Crippen LogP contribution in [0.5, 0.6) is 0 Å². The van der Waals surface area contributed by atoms with Crippen LogP contribution in [0.15, 0.2) is 59.5 Å². The summed E-state index contributed by atoms with van der Waals surface area (Å²) in [7, 11) is -3.59. The molecule has 1 fully saturated rings. The lowest BCUT2D eigenvalue weighted by Gasteiger charge is -2.22. The Bertz CT molecular complexity index is 1120. The Morgan fingerprint density at radius 3 is 2.33 bits per heavy atom. The van der Waals surface area contributed by atoms with Crippen molar-refractivity contribution in [2.24, 2.45) is 0 Å². The summed E-state index contributed by atoms with van der Waals surface area (Å²) in [6.07, 6.45) is 6.38. The van der Waals surface area contributed by atoms with Crippen LogP contribution in [-0.2, 0) is 30.8 Å². The average molecular weight is 532 g/mol. The molecule has 2 aromatic rings. The van der Waals surface area contributed by atoms with E-state index in [-0.39, 0.29) is 28.9 Å². The van der Waals surface area contributed by atoms with Crippen LogP contribution in [-0.4, -0.2) is 38.1 Å². The highest BCUT2D eigenvalue weighted by molar-refractivity contribution is 7.89. The normalized spacial score (nSPS) is 14.1. The number of thiocarbonyl (C=S) groups is 1. The molecule has 10 heteroatoms. The third-order valence-corrected chi connectivity index (χ3v) is 7.61. The first-order valence-corrected chi connectivity index (χ1v) is 14.1. The van der Waals surface area contributed by atoms with Gasteiger partial charge in [-0.15, -0.1) is 0 Å². The van der Waals surface area contributed by atoms with Crippen molar-refractivity contribution in [1.29, 1.82) is 0 Å². The second-order valence-corrected chi connectivity index (χ2v) is 10.9. The van der Waals surface area contributed by atoms with Gasteiger partial charge in [0, 0.05) is 18.2 Å². The molecular formula is C26H33N3O5S2. The maximum Gasteiger partial charge on any atom is 0.306 e. The molecule has 1 aliphatic rings. The molecule has 0 aromatic heterocycles. The SMILES string of the molecule is O=C(CCC(=O)OCCCc1ccccc1)NC(=S)Nc1ccc(S(=O)(=O)NC2CCCCC2)cc1. The highest BCUT2D eigenvalue weighted by atomic mass is 32.2. The molecule has 0 spiro atoms. The maximum absolute atomic E-state index is 12.6. The lowest BCUT2D eigenvalue weighted by Crippen LogP contribution is -2.36. The molecule has 194 valence electrons. The van der Waals surface area contributed by atoms with Crippen molar-refractivity contribution in [3.8, 4) is 0 Å². The molecule has 1 amide bonds. The number of benzene rings is 2. The molecule has 3 N–H and O–H groups in total. The molecule has 3 rings (SSSR count). The van der Waals surface area contributed by atoms with E-state index in [4.69, 9.17) is 17.0 Å². The van der Waals surface area contributed by atoms with Gasteiger partial charge in [0.15, 0.2) is 5.11 Å². The second kappa shape index (κ2) is 14.1. The number of hydrogen-bond donors (Lipinski definition) is 3. The Morgan fingerprint density at radius 2 is 1.64 bits per heavy atom. The number of carbonyl (C=O) groups excluding carboxylic acids is 2. The smallest absolute Gasteiger partial charge is 0.306 e. The summed E-state index contributed by atoms with van der Waals surface area (Å²) >= 11 is 5.15. The van der Waals surface area contributed by atoms with E-state index in [9.17, 15) is 18.0 Å². The number of esters is 1. The largest absolute Gasteiger partial charge is 0.466 e. The van der Waals surface area contributed by atoms with Crippen LogP contribution in [0.4, 0.5) is 5.69 Å². The number of anilines is 1. The van der Waals surface area contributed by atoms with Crippen LogP contribution >= 0.6 is 12.2 Å². The summed E-state index contributed by atoms with van der Waals surface area (Å²) in [6, 6.07) is 16.1. The molecule has 36 heavy (non-hydrogen) atoms.